The summed E-state index contributed by atoms with van der Waals surface area (Å²) in [4.78, 5) is 23.2. The van der Waals surface area contributed by atoms with Crippen LogP contribution in [0.1, 0.15) is 24.2 Å². The van der Waals surface area contributed by atoms with Gasteiger partial charge in [0.1, 0.15) is 5.75 Å². The molecule has 0 bridgehead atoms. The topological polar surface area (TPSA) is 66.8 Å². The molecule has 112 valence electrons. The number of aryl methyl sites for hydroxylation is 1. The average molecular weight is 291 g/mol. The smallest absolute Gasteiger partial charge is 0.465 e. The van der Waals surface area contributed by atoms with Gasteiger partial charge in [0.2, 0.25) is 0 Å². The molecule has 1 aromatic heterocycles. The molecular weight excluding hydrogens is 274 g/mol. The number of hydrogen-bond donors (Lipinski definition) is 0. The molecule has 21 heavy (non-hydrogen) atoms. The Morgan fingerprint density at radius 2 is 2.00 bits per heavy atom. The number of ether oxygens (including phenoxy) is 3. The first-order valence-electron chi connectivity index (χ1n) is 6.66. The normalized spacial score (nSPS) is 10.4. The largest absolute Gasteiger partial charge is 0.513 e. The molecule has 0 aliphatic rings. The van der Waals surface area contributed by atoms with Crippen LogP contribution in [-0.2, 0) is 16.0 Å². The Balaban J connectivity index is 2.45. The zero-order valence-corrected chi connectivity index (χ0v) is 12.2. The maximum Gasteiger partial charge on any atom is 0.513 e. The summed E-state index contributed by atoms with van der Waals surface area (Å²) in [6, 6.07) is 5.08. The molecule has 2 rings (SSSR count). The summed E-state index contributed by atoms with van der Waals surface area (Å²) in [5.74, 6) is -0.111. The highest BCUT2D eigenvalue weighted by Crippen LogP contribution is 2.27. The van der Waals surface area contributed by atoms with Gasteiger partial charge in [0.05, 0.1) is 19.3 Å². The van der Waals surface area contributed by atoms with Gasteiger partial charge in [-0.2, -0.15) is 0 Å². The molecule has 0 radical (unpaired) electrons. The van der Waals surface area contributed by atoms with Gasteiger partial charge in [-0.25, -0.2) is 9.59 Å². The summed E-state index contributed by atoms with van der Waals surface area (Å²) in [5.41, 5.74) is 1.30. The first kappa shape index (κ1) is 14.9. The monoisotopic (exact) mass is 291 g/mol. The number of hydrogen-bond acceptors (Lipinski definition) is 5. The minimum absolute atomic E-state index is 0.237. The molecule has 0 aliphatic carbocycles. The molecule has 0 atom stereocenters. The van der Waals surface area contributed by atoms with Gasteiger partial charge in [0.25, 0.3) is 0 Å². The fraction of sp³-hybridized carbons (Fsp3) is 0.333. The van der Waals surface area contributed by atoms with E-state index in [4.69, 9.17) is 14.2 Å². The Kier molecular flexibility index (Phi) is 4.47. The van der Waals surface area contributed by atoms with E-state index >= 15 is 0 Å². The first-order chi connectivity index (χ1) is 10.1. The summed E-state index contributed by atoms with van der Waals surface area (Å²) < 4.78 is 16.5. The number of fused-ring (bicyclic) bond motifs is 1. The molecule has 0 N–H and O–H groups in total. The molecule has 0 amide bonds. The second kappa shape index (κ2) is 6.30. The van der Waals surface area contributed by atoms with E-state index in [1.54, 1.807) is 31.3 Å². The van der Waals surface area contributed by atoms with Gasteiger partial charge in [0.15, 0.2) is 0 Å². The quantitative estimate of drug-likeness (QED) is 0.640. The highest BCUT2D eigenvalue weighted by atomic mass is 16.7. The van der Waals surface area contributed by atoms with Crippen LogP contribution in [0.4, 0.5) is 4.79 Å². The summed E-state index contributed by atoms with van der Waals surface area (Å²) in [6.07, 6.45) is 0.955. The third-order valence-electron chi connectivity index (χ3n) is 3.06. The van der Waals surface area contributed by atoms with Crippen LogP contribution in [0.3, 0.4) is 0 Å². The fourth-order valence-electron chi connectivity index (χ4n) is 2.12. The van der Waals surface area contributed by atoms with E-state index in [1.807, 2.05) is 11.5 Å². The molecule has 0 saturated carbocycles. The molecule has 1 heterocycles. The van der Waals surface area contributed by atoms with E-state index in [2.05, 4.69) is 0 Å². The van der Waals surface area contributed by atoms with Crippen molar-refractivity contribution in [1.29, 1.82) is 0 Å². The third kappa shape index (κ3) is 2.99. The van der Waals surface area contributed by atoms with Crippen LogP contribution in [-0.4, -0.2) is 30.4 Å². The van der Waals surface area contributed by atoms with E-state index in [-0.39, 0.29) is 6.61 Å². The van der Waals surface area contributed by atoms with Gasteiger partial charge < -0.3 is 18.8 Å². The Hall–Kier alpha value is -2.50. The predicted molar refractivity (Wildman–Crippen MR) is 76.6 cm³/mol. The van der Waals surface area contributed by atoms with Gasteiger partial charge in [-0.15, -0.1) is 0 Å². The second-order valence-electron chi connectivity index (χ2n) is 4.28. The van der Waals surface area contributed by atoms with Crippen molar-refractivity contribution in [2.75, 3.05) is 13.7 Å². The van der Waals surface area contributed by atoms with Crippen molar-refractivity contribution in [3.8, 4) is 5.75 Å². The number of benzene rings is 1. The van der Waals surface area contributed by atoms with Crippen molar-refractivity contribution >= 4 is 23.0 Å². The van der Waals surface area contributed by atoms with E-state index in [1.165, 1.54) is 7.11 Å². The molecule has 0 unspecified atom stereocenters. The Labute approximate surface area is 122 Å². The zero-order chi connectivity index (χ0) is 15.4. The van der Waals surface area contributed by atoms with Crippen LogP contribution in [0.2, 0.25) is 0 Å². The van der Waals surface area contributed by atoms with Crippen molar-refractivity contribution in [3.05, 3.63) is 30.0 Å². The Morgan fingerprint density at radius 1 is 1.24 bits per heavy atom. The van der Waals surface area contributed by atoms with Gasteiger partial charge >= 0.3 is 12.1 Å². The first-order valence-corrected chi connectivity index (χ1v) is 6.66. The number of carbonyl (C=O) groups is 2. The van der Waals surface area contributed by atoms with Gasteiger partial charge in [0, 0.05) is 23.6 Å². The van der Waals surface area contributed by atoms with E-state index in [9.17, 15) is 9.59 Å². The van der Waals surface area contributed by atoms with Crippen molar-refractivity contribution in [2.45, 2.75) is 20.4 Å². The number of aromatic nitrogens is 1. The molecular formula is C15H17NO5. The molecule has 2 aromatic rings. The maximum atomic E-state index is 11.8. The highest BCUT2D eigenvalue weighted by molar-refractivity contribution is 6.04. The number of rotatable bonds is 4. The average Bonchev–Trinajstić information content (AvgIpc) is 2.84. The van der Waals surface area contributed by atoms with E-state index in [0.717, 1.165) is 5.52 Å². The van der Waals surface area contributed by atoms with Gasteiger partial charge in [-0.1, -0.05) is 0 Å². The molecule has 0 spiro atoms. The van der Waals surface area contributed by atoms with Gasteiger partial charge in [-0.3, -0.25) is 0 Å². The van der Waals surface area contributed by atoms with Gasteiger partial charge in [-0.05, 0) is 32.0 Å². The number of methoxy groups -OCH3 is 1. The van der Waals surface area contributed by atoms with Crippen LogP contribution < -0.4 is 4.74 Å². The van der Waals surface area contributed by atoms with Crippen molar-refractivity contribution in [3.63, 3.8) is 0 Å². The summed E-state index contributed by atoms with van der Waals surface area (Å²) in [7, 11) is 1.33. The molecule has 6 nitrogen and oxygen atoms in total. The van der Waals surface area contributed by atoms with E-state index < -0.39 is 12.1 Å². The predicted octanol–water partition coefficient (Wildman–Crippen LogP) is 2.98. The lowest BCUT2D eigenvalue weighted by Gasteiger charge is -2.05. The lowest BCUT2D eigenvalue weighted by Crippen LogP contribution is -2.10. The number of nitrogens with zero attached hydrogens (tertiary/aromatic N) is 1. The minimum atomic E-state index is -0.772. The minimum Gasteiger partial charge on any atom is -0.465 e. The van der Waals surface area contributed by atoms with Crippen molar-refractivity contribution < 1.29 is 23.8 Å². The third-order valence-corrected chi connectivity index (χ3v) is 3.06. The number of carbonyl (C=O) groups excluding carboxylic acids is 2. The molecule has 0 saturated heterocycles. The van der Waals surface area contributed by atoms with Crippen molar-refractivity contribution in [1.82, 2.24) is 4.57 Å². The molecule has 1 aromatic carbocycles. The maximum absolute atomic E-state index is 11.8. The SMILES string of the molecule is CCOC(=O)Oc1ccc2c(c1)c(C(=O)OC)cn2CC. The molecule has 0 fully saturated rings. The highest BCUT2D eigenvalue weighted by Gasteiger charge is 2.16. The summed E-state index contributed by atoms with van der Waals surface area (Å²) in [6.45, 7) is 4.62. The molecule has 0 aliphatic heterocycles. The van der Waals surface area contributed by atoms with Crippen molar-refractivity contribution in [2.24, 2.45) is 0 Å². The fourth-order valence-corrected chi connectivity index (χ4v) is 2.12. The van der Waals surface area contributed by atoms with Crippen LogP contribution in [0.5, 0.6) is 5.75 Å². The Bertz CT molecular complexity index is 674. The summed E-state index contributed by atoms with van der Waals surface area (Å²) >= 11 is 0. The standard InChI is InChI=1S/C15H17NO5/c1-4-16-9-12(14(17)19-3)11-8-10(6-7-13(11)16)21-15(18)20-5-2/h6-9H,4-5H2,1-3H3. The lowest BCUT2D eigenvalue weighted by atomic mass is 10.1. The van der Waals surface area contributed by atoms with Crippen LogP contribution in [0.25, 0.3) is 10.9 Å². The summed E-state index contributed by atoms with van der Waals surface area (Å²) in [5, 5.41) is 0.672. The van der Waals surface area contributed by atoms with E-state index in [0.29, 0.717) is 23.2 Å². The lowest BCUT2D eigenvalue weighted by molar-refractivity contribution is 0.0602. The van der Waals surface area contributed by atoms with Crippen LogP contribution in [0, 0.1) is 0 Å². The molecule has 6 heteroatoms. The number of esters is 1. The van der Waals surface area contributed by atoms with Crippen LogP contribution >= 0.6 is 0 Å². The zero-order valence-electron chi connectivity index (χ0n) is 12.2. The van der Waals surface area contributed by atoms with Crippen LogP contribution in [0.15, 0.2) is 24.4 Å². The Morgan fingerprint density at radius 3 is 2.62 bits per heavy atom. The second-order valence-corrected chi connectivity index (χ2v) is 4.28.